The Bertz CT molecular complexity index is 1720. The first kappa shape index (κ1) is 24.2. The zero-order valence-electron chi connectivity index (χ0n) is 19.6. The van der Waals surface area contributed by atoms with Gasteiger partial charge in [0.1, 0.15) is 18.8 Å². The van der Waals surface area contributed by atoms with Crippen LogP contribution in [0.25, 0.3) is 22.3 Å². The molecule has 0 saturated carbocycles. The zero-order valence-corrected chi connectivity index (χ0v) is 21.1. The predicted octanol–water partition coefficient (Wildman–Crippen LogP) is 3.67. The number of fused-ring (bicyclic) bond motifs is 1. The molecule has 5 aromatic rings. The number of methoxy groups -OCH3 is 1. The van der Waals surface area contributed by atoms with Crippen LogP contribution in [-0.4, -0.2) is 32.3 Å². The first-order chi connectivity index (χ1) is 17.9. The number of carbonyl (C=O) groups is 1. The second-order valence-electron chi connectivity index (χ2n) is 8.05. The fraction of sp³-hybridized carbons (Fsp3) is 0.115. The second-order valence-corrected chi connectivity index (χ2v) is 8.90. The lowest BCUT2D eigenvalue weighted by Crippen LogP contribution is -2.42. The molecule has 2 aromatic heterocycles. The Morgan fingerprint density at radius 2 is 1.73 bits per heavy atom. The van der Waals surface area contributed by atoms with Gasteiger partial charge in [-0.2, -0.15) is 4.98 Å². The Hall–Kier alpha value is -4.51. The molecule has 3 aromatic carbocycles. The monoisotopic (exact) mass is 561 g/mol. The first-order valence-electron chi connectivity index (χ1n) is 11.2. The van der Waals surface area contributed by atoms with Gasteiger partial charge in [0.2, 0.25) is 17.6 Å². The summed E-state index contributed by atoms with van der Waals surface area (Å²) in [5.74, 6) is 0.632. The van der Waals surface area contributed by atoms with Crippen LogP contribution in [0.3, 0.4) is 0 Å². The van der Waals surface area contributed by atoms with Crippen LogP contribution in [0.1, 0.15) is 5.89 Å². The number of aromatic nitrogens is 4. The van der Waals surface area contributed by atoms with E-state index in [0.717, 1.165) is 4.57 Å². The molecule has 5 rings (SSSR count). The van der Waals surface area contributed by atoms with E-state index in [1.807, 2.05) is 6.07 Å². The minimum absolute atomic E-state index is 0.0736. The summed E-state index contributed by atoms with van der Waals surface area (Å²) < 4.78 is 13.4. The number of halogens is 1. The molecule has 0 spiro atoms. The molecule has 0 bridgehead atoms. The molecule has 0 aliphatic carbocycles. The summed E-state index contributed by atoms with van der Waals surface area (Å²) >= 11 is 3.39. The van der Waals surface area contributed by atoms with E-state index in [-0.39, 0.29) is 24.4 Å². The summed E-state index contributed by atoms with van der Waals surface area (Å²) in [6.07, 6.45) is 0. The van der Waals surface area contributed by atoms with Crippen LogP contribution < -0.4 is 21.3 Å². The number of ether oxygens (including phenoxy) is 1. The van der Waals surface area contributed by atoms with Gasteiger partial charge in [-0.3, -0.25) is 18.7 Å². The summed E-state index contributed by atoms with van der Waals surface area (Å²) in [6.45, 7) is -0.556. The summed E-state index contributed by atoms with van der Waals surface area (Å²) in [4.78, 5) is 43.9. The highest BCUT2D eigenvalue weighted by molar-refractivity contribution is 9.10. The average molecular weight is 562 g/mol. The Kier molecular flexibility index (Phi) is 6.69. The van der Waals surface area contributed by atoms with E-state index in [4.69, 9.17) is 9.26 Å². The second kappa shape index (κ2) is 10.2. The summed E-state index contributed by atoms with van der Waals surface area (Å²) in [6, 6.07) is 20.8. The van der Waals surface area contributed by atoms with Gasteiger partial charge in [0.05, 0.1) is 23.7 Å². The minimum Gasteiger partial charge on any atom is -0.497 e. The molecule has 10 nitrogen and oxygen atoms in total. The first-order valence-corrected chi connectivity index (χ1v) is 12.0. The maximum absolute atomic E-state index is 13.4. The van der Waals surface area contributed by atoms with Crippen molar-refractivity contribution in [3.8, 4) is 17.1 Å². The van der Waals surface area contributed by atoms with Gasteiger partial charge in [-0.15, -0.1) is 0 Å². The van der Waals surface area contributed by atoms with Gasteiger partial charge in [0.15, 0.2) is 0 Å². The number of nitrogens with zero attached hydrogens (tertiary/aromatic N) is 4. The van der Waals surface area contributed by atoms with Crippen molar-refractivity contribution in [3.63, 3.8) is 0 Å². The molecule has 1 amide bonds. The van der Waals surface area contributed by atoms with E-state index in [2.05, 4.69) is 31.4 Å². The quantitative estimate of drug-likeness (QED) is 0.321. The van der Waals surface area contributed by atoms with E-state index < -0.39 is 17.2 Å². The van der Waals surface area contributed by atoms with Crippen molar-refractivity contribution in [1.82, 2.24) is 19.3 Å². The molecular formula is C26H20BrN5O5. The van der Waals surface area contributed by atoms with Crippen LogP contribution in [-0.2, 0) is 17.9 Å². The van der Waals surface area contributed by atoms with Crippen molar-refractivity contribution >= 4 is 38.4 Å². The Balaban J connectivity index is 1.49. The lowest BCUT2D eigenvalue weighted by molar-refractivity contribution is -0.116. The molecule has 11 heteroatoms. The van der Waals surface area contributed by atoms with Gasteiger partial charge in [0, 0.05) is 10.0 Å². The fourth-order valence-corrected chi connectivity index (χ4v) is 4.25. The number of nitrogens with one attached hydrogen (secondary N) is 1. The number of benzene rings is 3. The molecule has 0 atom stereocenters. The van der Waals surface area contributed by atoms with Gasteiger partial charge in [-0.05, 0) is 64.5 Å². The van der Waals surface area contributed by atoms with E-state index in [0.29, 0.717) is 32.8 Å². The molecule has 0 saturated heterocycles. The molecule has 0 fully saturated rings. The van der Waals surface area contributed by atoms with Crippen LogP contribution in [0, 0.1) is 0 Å². The molecular weight excluding hydrogens is 542 g/mol. The van der Waals surface area contributed by atoms with E-state index >= 15 is 0 Å². The van der Waals surface area contributed by atoms with Gasteiger partial charge < -0.3 is 14.6 Å². The number of amides is 1. The van der Waals surface area contributed by atoms with E-state index in [9.17, 15) is 14.4 Å². The highest BCUT2D eigenvalue weighted by Crippen LogP contribution is 2.22. The molecule has 2 heterocycles. The maximum Gasteiger partial charge on any atom is 0.332 e. The highest BCUT2D eigenvalue weighted by atomic mass is 79.9. The standard InChI is InChI=1S/C26H20BrN5O5/c1-36-17-12-10-16(11-13-17)24-29-23(37-30-24)15-32-25(34)18-6-2-5-9-21(18)31(26(32)35)14-22(33)28-20-8-4-3-7-19(20)27/h2-13H,14-15H2,1H3,(H,28,33). The number of hydrogen-bond donors (Lipinski definition) is 1. The van der Waals surface area contributed by atoms with Crippen LogP contribution in [0.4, 0.5) is 5.69 Å². The average Bonchev–Trinajstić information content (AvgIpc) is 3.39. The third-order valence-corrected chi connectivity index (χ3v) is 6.38. The van der Waals surface area contributed by atoms with Gasteiger partial charge in [0.25, 0.3) is 5.56 Å². The largest absolute Gasteiger partial charge is 0.497 e. The number of para-hydroxylation sites is 2. The van der Waals surface area contributed by atoms with Gasteiger partial charge in [-0.25, -0.2) is 4.79 Å². The molecule has 186 valence electrons. The van der Waals surface area contributed by atoms with Crippen LogP contribution in [0.2, 0.25) is 0 Å². The number of hydrogen-bond acceptors (Lipinski definition) is 7. The van der Waals surface area contributed by atoms with Crippen molar-refractivity contribution in [3.05, 3.63) is 104 Å². The predicted molar refractivity (Wildman–Crippen MR) is 141 cm³/mol. The number of carbonyl (C=O) groups excluding carboxylic acids is 1. The number of anilines is 1. The topological polar surface area (TPSA) is 121 Å². The molecule has 1 N–H and O–H groups in total. The lowest BCUT2D eigenvalue weighted by atomic mass is 10.2. The molecule has 0 unspecified atom stereocenters. The van der Waals surface area contributed by atoms with Gasteiger partial charge in [-0.1, -0.05) is 29.4 Å². The zero-order chi connectivity index (χ0) is 25.9. The van der Waals surface area contributed by atoms with Crippen molar-refractivity contribution in [2.45, 2.75) is 13.1 Å². The third-order valence-electron chi connectivity index (χ3n) is 5.69. The Labute approximate surface area is 218 Å². The molecule has 37 heavy (non-hydrogen) atoms. The molecule has 0 aliphatic rings. The number of rotatable bonds is 7. The maximum atomic E-state index is 13.4. The van der Waals surface area contributed by atoms with E-state index in [1.165, 1.54) is 4.57 Å². The summed E-state index contributed by atoms with van der Waals surface area (Å²) in [5, 5.41) is 7.03. The van der Waals surface area contributed by atoms with Crippen molar-refractivity contribution in [2.24, 2.45) is 0 Å². The lowest BCUT2D eigenvalue weighted by Gasteiger charge is -2.13. The smallest absolute Gasteiger partial charge is 0.332 e. The van der Waals surface area contributed by atoms with Crippen LogP contribution >= 0.6 is 15.9 Å². The van der Waals surface area contributed by atoms with Crippen molar-refractivity contribution < 1.29 is 14.1 Å². The minimum atomic E-state index is -0.671. The van der Waals surface area contributed by atoms with Crippen molar-refractivity contribution in [1.29, 1.82) is 0 Å². The van der Waals surface area contributed by atoms with Gasteiger partial charge >= 0.3 is 5.69 Å². The molecule has 0 aliphatic heterocycles. The van der Waals surface area contributed by atoms with Crippen LogP contribution in [0.15, 0.2) is 91.4 Å². The van der Waals surface area contributed by atoms with Crippen LogP contribution in [0.5, 0.6) is 5.75 Å². The fourth-order valence-electron chi connectivity index (χ4n) is 3.87. The SMILES string of the molecule is COc1ccc(-c2noc(Cn3c(=O)c4ccccc4n(CC(=O)Nc4ccccc4Br)c3=O)n2)cc1. The molecule has 0 radical (unpaired) electrons. The summed E-state index contributed by atoms with van der Waals surface area (Å²) in [7, 11) is 1.57. The normalized spacial score (nSPS) is 11.0. The van der Waals surface area contributed by atoms with Crippen molar-refractivity contribution in [2.75, 3.05) is 12.4 Å². The Morgan fingerprint density at radius 3 is 2.49 bits per heavy atom. The van der Waals surface area contributed by atoms with E-state index in [1.54, 1.807) is 73.8 Å². The third kappa shape index (κ3) is 4.94. The Morgan fingerprint density at radius 1 is 1.00 bits per heavy atom. The highest BCUT2D eigenvalue weighted by Gasteiger charge is 2.18. The summed E-state index contributed by atoms with van der Waals surface area (Å²) in [5.41, 5.74) is 0.404.